The van der Waals surface area contributed by atoms with E-state index in [0.717, 1.165) is 23.6 Å². The number of primary amides is 1. The maximum Gasteiger partial charge on any atom is 0.248 e. The molecule has 2 aliphatic heterocycles. The van der Waals surface area contributed by atoms with Crippen molar-refractivity contribution in [3.63, 3.8) is 0 Å². The normalized spacial score (nSPS) is 16.2. The number of benzene rings is 1. The molecule has 2 heterocycles. The van der Waals surface area contributed by atoms with Crippen molar-refractivity contribution in [2.45, 2.75) is 6.54 Å². The first kappa shape index (κ1) is 9.84. The molecule has 0 unspecified atom stereocenters. The lowest BCUT2D eigenvalue weighted by Crippen LogP contribution is -2.27. The van der Waals surface area contributed by atoms with Crippen LogP contribution < -0.4 is 5.73 Å². The van der Waals surface area contributed by atoms with Crippen LogP contribution in [0.5, 0.6) is 0 Å². The highest BCUT2D eigenvalue weighted by atomic mass is 16.1. The summed E-state index contributed by atoms with van der Waals surface area (Å²) in [7, 11) is 0. The summed E-state index contributed by atoms with van der Waals surface area (Å²) in [5.74, 6) is 0.517. The number of amides is 1. The Morgan fingerprint density at radius 1 is 1.35 bits per heavy atom. The summed E-state index contributed by atoms with van der Waals surface area (Å²) in [4.78, 5) is 17.7. The third-order valence-electron chi connectivity index (χ3n) is 2.86. The Labute approximate surface area is 98.8 Å². The molecule has 0 saturated carbocycles. The summed E-state index contributed by atoms with van der Waals surface area (Å²) in [5.41, 5.74) is 7.71. The molecule has 2 aliphatic rings. The zero-order valence-corrected chi connectivity index (χ0v) is 9.13. The van der Waals surface area contributed by atoms with Crippen molar-refractivity contribution in [2.24, 2.45) is 10.7 Å². The number of hydrogen-bond acceptors (Lipinski definition) is 3. The quantitative estimate of drug-likeness (QED) is 0.791. The molecule has 1 aromatic carbocycles. The number of hydrogen-bond donors (Lipinski definition) is 1. The molecular weight excluding hydrogens is 214 g/mol. The minimum absolute atomic E-state index is 0.406. The number of aliphatic imine (C=N–C) groups is 1. The average molecular weight is 225 g/mol. The molecular formula is C13H11N3O. The van der Waals surface area contributed by atoms with Gasteiger partial charge >= 0.3 is 0 Å². The van der Waals surface area contributed by atoms with Crippen molar-refractivity contribution < 1.29 is 4.79 Å². The number of rotatable bonds is 1. The second kappa shape index (κ2) is 3.59. The van der Waals surface area contributed by atoms with Crippen molar-refractivity contribution >= 4 is 17.4 Å². The van der Waals surface area contributed by atoms with Gasteiger partial charge in [0.2, 0.25) is 5.91 Å². The molecule has 1 aromatic rings. The molecule has 2 N–H and O–H groups in total. The lowest BCUT2D eigenvalue weighted by Gasteiger charge is -2.27. The van der Waals surface area contributed by atoms with E-state index in [-0.39, 0.29) is 0 Å². The van der Waals surface area contributed by atoms with Gasteiger partial charge in [-0.3, -0.25) is 4.79 Å². The van der Waals surface area contributed by atoms with E-state index in [0.29, 0.717) is 5.56 Å². The summed E-state index contributed by atoms with van der Waals surface area (Å²) in [5, 5.41) is 0. The summed E-state index contributed by atoms with van der Waals surface area (Å²) in [6.07, 6.45) is 7.85. The van der Waals surface area contributed by atoms with Gasteiger partial charge in [0.1, 0.15) is 5.84 Å². The van der Waals surface area contributed by atoms with Gasteiger partial charge in [0.25, 0.3) is 0 Å². The first-order valence-electron chi connectivity index (χ1n) is 5.37. The topological polar surface area (TPSA) is 58.7 Å². The van der Waals surface area contributed by atoms with Gasteiger partial charge in [-0.25, -0.2) is 4.99 Å². The van der Waals surface area contributed by atoms with E-state index in [1.807, 2.05) is 41.5 Å². The molecule has 4 nitrogen and oxygen atoms in total. The Kier molecular flexibility index (Phi) is 2.08. The fraction of sp³-hybridized carbons (Fsp3) is 0.0769. The van der Waals surface area contributed by atoms with E-state index in [1.165, 1.54) is 0 Å². The number of nitrogens with zero attached hydrogens (tertiary/aromatic N) is 2. The lowest BCUT2D eigenvalue weighted by molar-refractivity contribution is 0.1000. The molecule has 0 radical (unpaired) electrons. The number of allylic oxidation sites excluding steroid dienone is 2. The maximum absolute atomic E-state index is 11.1. The van der Waals surface area contributed by atoms with Gasteiger partial charge in [-0.2, -0.15) is 0 Å². The molecule has 0 spiro atoms. The van der Waals surface area contributed by atoms with Crippen molar-refractivity contribution in [1.29, 1.82) is 0 Å². The molecule has 0 aromatic heterocycles. The Morgan fingerprint density at radius 2 is 2.24 bits per heavy atom. The summed E-state index contributed by atoms with van der Waals surface area (Å²) < 4.78 is 0. The van der Waals surface area contributed by atoms with Gasteiger partial charge in [0.05, 0.1) is 12.2 Å². The second-order valence-corrected chi connectivity index (χ2v) is 4.01. The Hall–Kier alpha value is -2.36. The highest BCUT2D eigenvalue weighted by Crippen LogP contribution is 2.28. The third-order valence-corrected chi connectivity index (χ3v) is 2.86. The Balaban J connectivity index is 2.07. The lowest BCUT2D eigenvalue weighted by atomic mass is 10.1. The van der Waals surface area contributed by atoms with E-state index >= 15 is 0 Å². The van der Waals surface area contributed by atoms with Crippen molar-refractivity contribution in [3.8, 4) is 0 Å². The zero-order valence-electron chi connectivity index (χ0n) is 9.13. The van der Waals surface area contributed by atoms with Crippen LogP contribution in [0.2, 0.25) is 0 Å². The monoisotopic (exact) mass is 225 g/mol. The molecule has 84 valence electrons. The van der Waals surface area contributed by atoms with Crippen LogP contribution in [0.4, 0.5) is 5.69 Å². The number of nitrogens with two attached hydrogens (primary N) is 1. The van der Waals surface area contributed by atoms with E-state index in [2.05, 4.69) is 4.99 Å². The fourth-order valence-corrected chi connectivity index (χ4v) is 1.98. The number of fused-ring (bicyclic) bond motifs is 2. The van der Waals surface area contributed by atoms with Gasteiger partial charge in [-0.15, -0.1) is 0 Å². The zero-order chi connectivity index (χ0) is 11.8. The number of amidine groups is 1. The van der Waals surface area contributed by atoms with Gasteiger partial charge in [0.15, 0.2) is 0 Å². The van der Waals surface area contributed by atoms with Crippen LogP contribution in [-0.4, -0.2) is 16.6 Å². The van der Waals surface area contributed by atoms with Crippen LogP contribution in [-0.2, 0) is 6.54 Å². The number of carbonyl (C=O) groups is 1. The van der Waals surface area contributed by atoms with Gasteiger partial charge in [0, 0.05) is 11.8 Å². The molecule has 17 heavy (non-hydrogen) atoms. The molecule has 1 amide bonds. The summed E-state index contributed by atoms with van der Waals surface area (Å²) >= 11 is 0. The minimum Gasteiger partial charge on any atom is -0.366 e. The highest BCUT2D eigenvalue weighted by Gasteiger charge is 2.18. The predicted molar refractivity (Wildman–Crippen MR) is 65.9 cm³/mol. The molecule has 3 rings (SSSR count). The van der Waals surface area contributed by atoms with Crippen LogP contribution in [0.1, 0.15) is 15.9 Å². The SMILES string of the molecule is NC(=O)c1ccc2c(c1)CN1C=CC=CC1=N2. The van der Waals surface area contributed by atoms with E-state index < -0.39 is 5.91 Å². The molecule has 0 atom stereocenters. The van der Waals surface area contributed by atoms with E-state index in [9.17, 15) is 4.79 Å². The van der Waals surface area contributed by atoms with Crippen LogP contribution in [0.15, 0.2) is 47.6 Å². The Morgan fingerprint density at radius 3 is 3.06 bits per heavy atom. The molecule has 0 bridgehead atoms. The van der Waals surface area contributed by atoms with Crippen molar-refractivity contribution in [1.82, 2.24) is 4.90 Å². The minimum atomic E-state index is -0.406. The summed E-state index contributed by atoms with van der Waals surface area (Å²) in [6.45, 7) is 0.718. The van der Waals surface area contributed by atoms with Crippen molar-refractivity contribution in [3.05, 3.63) is 53.8 Å². The van der Waals surface area contributed by atoms with E-state index in [1.54, 1.807) is 6.07 Å². The third kappa shape index (κ3) is 1.63. The maximum atomic E-state index is 11.1. The second-order valence-electron chi connectivity index (χ2n) is 4.01. The molecule has 0 saturated heterocycles. The Bertz CT molecular complexity index is 584. The standard InChI is InChI=1S/C13H11N3O/c14-13(17)9-4-5-11-10(7-9)8-16-6-2-1-3-12(16)15-11/h1-7H,8H2,(H2,14,17). The molecule has 4 heteroatoms. The average Bonchev–Trinajstić information content (AvgIpc) is 2.35. The van der Waals surface area contributed by atoms with Crippen LogP contribution in [0.25, 0.3) is 0 Å². The summed E-state index contributed by atoms with van der Waals surface area (Å²) in [6, 6.07) is 5.36. The van der Waals surface area contributed by atoms with Crippen LogP contribution in [0, 0.1) is 0 Å². The van der Waals surface area contributed by atoms with Crippen LogP contribution in [0.3, 0.4) is 0 Å². The van der Waals surface area contributed by atoms with Crippen LogP contribution >= 0.6 is 0 Å². The first-order chi connectivity index (χ1) is 8.24. The number of carbonyl (C=O) groups excluding carboxylic acids is 1. The smallest absolute Gasteiger partial charge is 0.248 e. The van der Waals surface area contributed by atoms with Gasteiger partial charge in [-0.1, -0.05) is 6.08 Å². The highest BCUT2D eigenvalue weighted by molar-refractivity contribution is 5.99. The largest absolute Gasteiger partial charge is 0.366 e. The first-order valence-corrected chi connectivity index (χ1v) is 5.37. The van der Waals surface area contributed by atoms with Gasteiger partial charge in [-0.05, 0) is 35.9 Å². The van der Waals surface area contributed by atoms with E-state index in [4.69, 9.17) is 5.73 Å². The predicted octanol–water partition coefficient (Wildman–Crippen LogP) is 1.71. The van der Waals surface area contributed by atoms with Gasteiger partial charge < -0.3 is 10.6 Å². The van der Waals surface area contributed by atoms with Crippen molar-refractivity contribution in [2.75, 3.05) is 0 Å². The molecule has 0 fully saturated rings. The fourth-order valence-electron chi connectivity index (χ4n) is 1.98. The molecule has 0 aliphatic carbocycles.